The van der Waals surface area contributed by atoms with E-state index >= 15 is 0 Å². The number of hydrogen-bond acceptors (Lipinski definition) is 11. The number of carbonyl (C=O) groups is 3. The van der Waals surface area contributed by atoms with Gasteiger partial charge >= 0.3 is 6.09 Å². The van der Waals surface area contributed by atoms with Crippen molar-refractivity contribution in [3.8, 4) is 17.2 Å². The lowest BCUT2D eigenvalue weighted by Crippen LogP contribution is -2.40. The van der Waals surface area contributed by atoms with Gasteiger partial charge in [-0.15, -0.1) is 0 Å². The number of rotatable bonds is 12. The van der Waals surface area contributed by atoms with E-state index in [0.29, 0.717) is 55.2 Å². The van der Waals surface area contributed by atoms with E-state index in [9.17, 15) is 14.4 Å². The Kier molecular flexibility index (Phi) is 15.0. The molecule has 15 nitrogen and oxygen atoms in total. The van der Waals surface area contributed by atoms with Gasteiger partial charge in [0.1, 0.15) is 47.7 Å². The molecule has 2 heterocycles. The van der Waals surface area contributed by atoms with Crippen molar-refractivity contribution in [1.82, 2.24) is 24.9 Å². The Morgan fingerprint density at radius 1 is 0.764 bits per heavy atom. The summed E-state index contributed by atoms with van der Waals surface area (Å²) in [6, 6.07) is 21.0. The van der Waals surface area contributed by atoms with Gasteiger partial charge in [-0.1, -0.05) is 36.4 Å². The van der Waals surface area contributed by atoms with Crippen LogP contribution in [-0.4, -0.2) is 135 Å². The van der Waals surface area contributed by atoms with Crippen LogP contribution in [0.2, 0.25) is 0 Å². The number of amides is 3. The van der Waals surface area contributed by atoms with Gasteiger partial charge in [-0.25, -0.2) is 4.79 Å². The third-order valence-corrected chi connectivity index (χ3v) is 9.18. The number of likely N-dealkylation sites (N-methyl/N-ethyl adjacent to an activating group) is 4. The topological polar surface area (TPSA) is 187 Å². The molecule has 0 saturated carbocycles. The Labute approximate surface area is 323 Å². The monoisotopic (exact) mass is 758 g/mol. The van der Waals surface area contributed by atoms with Crippen LogP contribution >= 0.6 is 0 Å². The molecule has 296 valence electrons. The van der Waals surface area contributed by atoms with E-state index in [1.807, 2.05) is 67.2 Å². The molecule has 2 saturated heterocycles. The zero-order chi connectivity index (χ0) is 40.2. The second-order valence-corrected chi connectivity index (χ2v) is 13.9. The Morgan fingerprint density at radius 3 is 1.73 bits per heavy atom. The summed E-state index contributed by atoms with van der Waals surface area (Å²) in [5, 5.41) is 18.1. The molecule has 15 heteroatoms. The van der Waals surface area contributed by atoms with E-state index in [4.69, 9.17) is 35.5 Å². The molecule has 0 spiro atoms. The molecule has 0 aromatic heterocycles. The molecular weight excluding hydrogens is 704 g/mol. The summed E-state index contributed by atoms with van der Waals surface area (Å²) in [5.74, 6) is 2.08. The highest BCUT2D eigenvalue weighted by molar-refractivity contribution is 6.04. The maximum atomic E-state index is 12.3. The van der Waals surface area contributed by atoms with Crippen molar-refractivity contribution in [3.05, 3.63) is 89.5 Å². The Bertz CT molecular complexity index is 1800. The summed E-state index contributed by atoms with van der Waals surface area (Å²) in [6.07, 6.45) is 0.359. The Hall–Kier alpha value is -5.67. The smallest absolute Gasteiger partial charge is 0.413 e. The normalized spacial score (nSPS) is 19.3. The zero-order valence-corrected chi connectivity index (χ0v) is 32.7. The summed E-state index contributed by atoms with van der Waals surface area (Å²) >= 11 is 0. The molecule has 2 fully saturated rings. The molecule has 2 aliphatic heterocycles. The van der Waals surface area contributed by atoms with Crippen molar-refractivity contribution in [2.75, 3.05) is 62.0 Å². The molecule has 4 atom stereocenters. The third-order valence-electron chi connectivity index (χ3n) is 9.18. The first-order chi connectivity index (χ1) is 26.1. The second-order valence-electron chi connectivity index (χ2n) is 13.9. The number of likely N-dealkylation sites (tertiary alicyclic amines) is 2. The van der Waals surface area contributed by atoms with E-state index in [0.717, 1.165) is 11.3 Å². The van der Waals surface area contributed by atoms with Gasteiger partial charge in [-0.2, -0.15) is 0 Å². The van der Waals surface area contributed by atoms with Crippen molar-refractivity contribution in [2.24, 2.45) is 5.73 Å². The van der Waals surface area contributed by atoms with Crippen LogP contribution in [0.4, 0.5) is 4.79 Å². The van der Waals surface area contributed by atoms with Crippen molar-refractivity contribution >= 4 is 29.6 Å². The molecule has 0 unspecified atom stereocenters. The first-order valence-corrected chi connectivity index (χ1v) is 18.1. The minimum atomic E-state index is -0.715. The lowest BCUT2D eigenvalue weighted by atomic mass is 10.1. The maximum absolute atomic E-state index is 12.3. The number of hydrogen-bond donors (Lipinski definition) is 4. The van der Waals surface area contributed by atoms with Gasteiger partial charge < -0.3 is 34.5 Å². The van der Waals surface area contributed by atoms with Crippen LogP contribution in [0.3, 0.4) is 0 Å². The SMILES string of the molecule is CCOc1ccc(COC(=O)NC(=N)c2cccc(O[C@H]3C[C@H](C(=O)N(C)C)N(C)C3)c2)cc1.CN(C)C(=O)[C@H]1C[C@H](Oc2cccc(C(=N)N)c2)CN1C. The average molecular weight is 759 g/mol. The summed E-state index contributed by atoms with van der Waals surface area (Å²) in [6.45, 7) is 3.91. The lowest BCUT2D eigenvalue weighted by molar-refractivity contribution is -0.133. The van der Waals surface area contributed by atoms with Gasteiger partial charge in [0.15, 0.2) is 0 Å². The molecular formula is C40H54N8O7. The van der Waals surface area contributed by atoms with Crippen LogP contribution in [0, 0.1) is 10.8 Å². The molecule has 2 aliphatic rings. The molecule has 5 N–H and O–H groups in total. The minimum Gasteiger partial charge on any atom is -0.494 e. The molecule has 3 amide bonds. The van der Waals surface area contributed by atoms with Crippen LogP contribution in [0.1, 0.15) is 36.5 Å². The zero-order valence-electron chi connectivity index (χ0n) is 32.7. The van der Waals surface area contributed by atoms with E-state index < -0.39 is 6.09 Å². The molecule has 3 aromatic rings. The van der Waals surface area contributed by atoms with Gasteiger partial charge in [0.05, 0.1) is 18.7 Å². The number of ether oxygens (including phenoxy) is 4. The fourth-order valence-corrected chi connectivity index (χ4v) is 6.30. The van der Waals surface area contributed by atoms with Gasteiger partial charge in [0.2, 0.25) is 11.8 Å². The van der Waals surface area contributed by atoms with Gasteiger partial charge in [0, 0.05) is 65.2 Å². The van der Waals surface area contributed by atoms with Gasteiger partial charge in [0.25, 0.3) is 0 Å². The van der Waals surface area contributed by atoms with E-state index in [1.54, 1.807) is 74.4 Å². The number of nitrogen functional groups attached to an aromatic ring is 1. The van der Waals surface area contributed by atoms with Crippen LogP contribution in [0.25, 0.3) is 0 Å². The fraction of sp³-hybridized carbons (Fsp3) is 0.425. The van der Waals surface area contributed by atoms with Crippen molar-refractivity contribution in [1.29, 1.82) is 10.8 Å². The van der Waals surface area contributed by atoms with Gasteiger partial charge in [-0.3, -0.25) is 35.5 Å². The fourth-order valence-electron chi connectivity index (χ4n) is 6.30. The number of alkyl carbamates (subject to hydrolysis) is 1. The summed E-state index contributed by atoms with van der Waals surface area (Å²) in [4.78, 5) is 43.8. The number of amidine groups is 2. The average Bonchev–Trinajstić information content (AvgIpc) is 3.71. The number of carbonyl (C=O) groups excluding carboxylic acids is 3. The molecule has 0 radical (unpaired) electrons. The van der Waals surface area contributed by atoms with Gasteiger partial charge in [-0.05, 0) is 63.0 Å². The quantitative estimate of drug-likeness (QED) is 0.158. The number of benzene rings is 3. The lowest BCUT2D eigenvalue weighted by Gasteiger charge is -2.21. The van der Waals surface area contributed by atoms with E-state index in [-0.39, 0.29) is 54.4 Å². The van der Waals surface area contributed by atoms with Crippen molar-refractivity contribution in [2.45, 2.75) is 50.7 Å². The second kappa shape index (κ2) is 19.6. The predicted molar refractivity (Wildman–Crippen MR) is 210 cm³/mol. The first-order valence-electron chi connectivity index (χ1n) is 18.1. The third kappa shape index (κ3) is 12.2. The standard InChI is InChI=1S/C25H32N4O5.C15H22N4O2/c1-5-32-19-11-9-17(10-12-19)16-33-25(31)27-23(26)18-7-6-8-20(13-18)34-21-14-22(29(4)15-21)24(30)28(2)3;1-18(2)15(20)13-8-12(9-19(13)3)21-11-6-4-5-10(7-11)14(16)17/h6-13,21-22H,5,14-16H2,1-4H3,(H2,26,27,31);4-7,12-13H,8-9H2,1-3H3,(H3,16,17)/t21-,22+;12-,13+/m00/s1. The van der Waals surface area contributed by atoms with E-state index in [1.165, 1.54) is 0 Å². The molecule has 3 aromatic carbocycles. The maximum Gasteiger partial charge on any atom is 0.413 e. The molecule has 0 bridgehead atoms. The Balaban J connectivity index is 0.000000274. The molecule has 5 rings (SSSR count). The van der Waals surface area contributed by atoms with Crippen LogP contribution in [-0.2, 0) is 20.9 Å². The number of nitrogens with one attached hydrogen (secondary N) is 3. The number of nitrogens with two attached hydrogens (primary N) is 1. The van der Waals surface area contributed by atoms with Crippen LogP contribution in [0.15, 0.2) is 72.8 Å². The largest absolute Gasteiger partial charge is 0.494 e. The minimum absolute atomic E-state index is 0.0182. The highest BCUT2D eigenvalue weighted by Crippen LogP contribution is 2.25. The Morgan fingerprint density at radius 2 is 1.25 bits per heavy atom. The van der Waals surface area contributed by atoms with Crippen molar-refractivity contribution in [3.63, 3.8) is 0 Å². The highest BCUT2D eigenvalue weighted by Gasteiger charge is 2.37. The number of nitrogens with zero attached hydrogens (tertiary/aromatic N) is 4. The summed E-state index contributed by atoms with van der Waals surface area (Å²) in [5.41, 5.74) is 7.42. The summed E-state index contributed by atoms with van der Waals surface area (Å²) < 4.78 is 22.6. The van der Waals surface area contributed by atoms with E-state index in [2.05, 4.69) is 5.32 Å². The molecule has 0 aliphatic carbocycles. The first kappa shape index (κ1) is 42.1. The van der Waals surface area contributed by atoms with Crippen LogP contribution in [0.5, 0.6) is 17.2 Å². The predicted octanol–water partition coefficient (Wildman–Crippen LogP) is 3.39. The van der Waals surface area contributed by atoms with Crippen molar-refractivity contribution < 1.29 is 33.3 Å². The highest BCUT2D eigenvalue weighted by atomic mass is 16.5. The summed E-state index contributed by atoms with van der Waals surface area (Å²) in [7, 11) is 10.9. The van der Waals surface area contributed by atoms with Crippen LogP contribution < -0.4 is 25.3 Å². The molecule has 55 heavy (non-hydrogen) atoms.